The number of esters is 1. The fourth-order valence-corrected chi connectivity index (χ4v) is 2.99. The lowest BCUT2D eigenvalue weighted by Gasteiger charge is -2.27. The summed E-state index contributed by atoms with van der Waals surface area (Å²) in [6.07, 6.45) is 4.73. The van der Waals surface area contributed by atoms with Gasteiger partial charge >= 0.3 is 5.97 Å². The van der Waals surface area contributed by atoms with Gasteiger partial charge in [-0.05, 0) is 35.3 Å². The molecule has 0 aromatic heterocycles. The van der Waals surface area contributed by atoms with Crippen LogP contribution in [0.1, 0.15) is 98.6 Å². The van der Waals surface area contributed by atoms with Crippen molar-refractivity contribution in [2.24, 2.45) is 5.92 Å². The predicted molar refractivity (Wildman–Crippen MR) is 109 cm³/mol. The number of carbonyl (C=O) groups excluding carboxylic acids is 1. The molecule has 0 amide bonds. The number of rotatable bonds is 7. The molecule has 3 nitrogen and oxygen atoms in total. The van der Waals surface area contributed by atoms with Crippen LogP contribution in [0.3, 0.4) is 0 Å². The van der Waals surface area contributed by atoms with Gasteiger partial charge in [0.2, 0.25) is 0 Å². The summed E-state index contributed by atoms with van der Waals surface area (Å²) in [5.41, 5.74) is 1.15. The highest BCUT2D eigenvalue weighted by molar-refractivity contribution is 5.72. The van der Waals surface area contributed by atoms with E-state index in [1.807, 2.05) is 0 Å². The quantitative estimate of drug-likeness (QED) is 0.342. The molecule has 0 bridgehead atoms. The molecule has 0 radical (unpaired) electrons. The standard InChI is InChI=1S/C23H38O3/c1-16(2)12-10-9-11-13-20(24)26-17-14-18(22(3,4)5)21(25)19(15-17)23(6,7)8/h14-16,25H,9-13H2,1-8H3. The molecular formula is C23H38O3. The molecule has 0 heterocycles. The van der Waals surface area contributed by atoms with Crippen LogP contribution >= 0.6 is 0 Å². The Morgan fingerprint density at radius 2 is 1.46 bits per heavy atom. The van der Waals surface area contributed by atoms with E-state index in [0.717, 1.165) is 30.4 Å². The van der Waals surface area contributed by atoms with Gasteiger partial charge in [-0.15, -0.1) is 0 Å². The number of unbranched alkanes of at least 4 members (excludes halogenated alkanes) is 2. The van der Waals surface area contributed by atoms with E-state index < -0.39 is 0 Å². The third-order valence-electron chi connectivity index (χ3n) is 4.59. The number of phenolic OH excluding ortho intramolecular Hbond substituents is 1. The van der Waals surface area contributed by atoms with Crippen LogP contribution in [0.4, 0.5) is 0 Å². The molecule has 0 saturated heterocycles. The minimum atomic E-state index is -0.233. The summed E-state index contributed by atoms with van der Waals surface area (Å²) >= 11 is 0. The van der Waals surface area contributed by atoms with Gasteiger partial charge in [0.05, 0.1) is 0 Å². The van der Waals surface area contributed by atoms with Crippen LogP contribution < -0.4 is 4.74 Å². The maximum atomic E-state index is 12.2. The number of phenols is 1. The summed E-state index contributed by atoms with van der Waals surface area (Å²) in [6, 6.07) is 3.61. The summed E-state index contributed by atoms with van der Waals surface area (Å²) in [4.78, 5) is 12.2. The van der Waals surface area contributed by atoms with E-state index in [1.54, 1.807) is 12.1 Å². The number of ether oxygens (including phenoxy) is 1. The third kappa shape index (κ3) is 7.01. The van der Waals surface area contributed by atoms with Crippen molar-refractivity contribution in [2.45, 2.75) is 98.3 Å². The lowest BCUT2D eigenvalue weighted by Crippen LogP contribution is -2.18. The molecule has 1 aromatic rings. The van der Waals surface area contributed by atoms with Crippen molar-refractivity contribution in [3.8, 4) is 11.5 Å². The molecule has 0 spiro atoms. The highest BCUT2D eigenvalue weighted by Crippen LogP contribution is 2.41. The molecule has 0 aliphatic heterocycles. The van der Waals surface area contributed by atoms with Crippen LogP contribution in [0.5, 0.6) is 11.5 Å². The van der Waals surface area contributed by atoms with Gasteiger partial charge in [-0.2, -0.15) is 0 Å². The van der Waals surface area contributed by atoms with E-state index in [4.69, 9.17) is 4.74 Å². The van der Waals surface area contributed by atoms with Crippen molar-refractivity contribution >= 4 is 5.97 Å². The Bertz CT molecular complexity index is 566. The van der Waals surface area contributed by atoms with E-state index in [2.05, 4.69) is 55.4 Å². The van der Waals surface area contributed by atoms with Crippen LogP contribution in [-0.4, -0.2) is 11.1 Å². The smallest absolute Gasteiger partial charge is 0.311 e. The second-order valence-electron chi connectivity index (χ2n) is 9.83. The number of aromatic hydroxyl groups is 1. The predicted octanol–water partition coefficient (Wildman–Crippen LogP) is 6.50. The van der Waals surface area contributed by atoms with Crippen molar-refractivity contribution in [3.63, 3.8) is 0 Å². The van der Waals surface area contributed by atoms with E-state index in [9.17, 15) is 9.90 Å². The van der Waals surface area contributed by atoms with Crippen molar-refractivity contribution in [1.82, 2.24) is 0 Å². The molecule has 3 heteroatoms. The third-order valence-corrected chi connectivity index (χ3v) is 4.59. The highest BCUT2D eigenvalue weighted by atomic mass is 16.5. The fraction of sp³-hybridized carbons (Fsp3) is 0.696. The molecule has 0 fully saturated rings. The van der Waals surface area contributed by atoms with Crippen molar-refractivity contribution in [3.05, 3.63) is 23.3 Å². The van der Waals surface area contributed by atoms with E-state index in [1.165, 1.54) is 6.42 Å². The number of benzene rings is 1. The molecule has 148 valence electrons. The first-order valence-corrected chi connectivity index (χ1v) is 9.91. The van der Waals surface area contributed by atoms with Crippen molar-refractivity contribution in [2.75, 3.05) is 0 Å². The molecule has 0 aliphatic carbocycles. The van der Waals surface area contributed by atoms with Gasteiger partial charge in [0.1, 0.15) is 11.5 Å². The minimum absolute atomic E-state index is 0.194. The summed E-state index contributed by atoms with van der Waals surface area (Å²) in [7, 11) is 0. The molecular weight excluding hydrogens is 324 g/mol. The maximum absolute atomic E-state index is 12.2. The zero-order chi connectivity index (χ0) is 20.1. The molecule has 1 N–H and O–H groups in total. The molecule has 0 aliphatic rings. The lowest BCUT2D eigenvalue weighted by atomic mass is 9.79. The van der Waals surface area contributed by atoms with Gasteiger partial charge in [-0.25, -0.2) is 0 Å². The van der Waals surface area contributed by atoms with Crippen molar-refractivity contribution < 1.29 is 14.6 Å². The average Bonchev–Trinajstić information content (AvgIpc) is 2.45. The van der Waals surface area contributed by atoms with Crippen LogP contribution in [0.25, 0.3) is 0 Å². The molecule has 0 saturated carbocycles. The SMILES string of the molecule is CC(C)CCCCCC(=O)Oc1cc(C(C)(C)C)c(O)c(C(C)(C)C)c1. The molecule has 26 heavy (non-hydrogen) atoms. The molecule has 0 unspecified atom stereocenters. The first kappa shape index (κ1) is 22.5. The second-order valence-corrected chi connectivity index (χ2v) is 9.83. The summed E-state index contributed by atoms with van der Waals surface area (Å²) in [5.74, 6) is 1.36. The number of carbonyl (C=O) groups is 1. The Labute approximate surface area is 160 Å². The Balaban J connectivity index is 2.87. The van der Waals surface area contributed by atoms with Gasteiger partial charge in [-0.3, -0.25) is 4.79 Å². The Kier molecular flexibility index (Phi) is 7.73. The first-order valence-electron chi connectivity index (χ1n) is 9.91. The van der Waals surface area contributed by atoms with E-state index in [0.29, 0.717) is 23.8 Å². The molecule has 1 rings (SSSR count). The van der Waals surface area contributed by atoms with Gasteiger partial charge in [-0.1, -0.05) is 74.7 Å². The molecule has 1 aromatic carbocycles. The van der Waals surface area contributed by atoms with Gasteiger partial charge < -0.3 is 9.84 Å². The summed E-state index contributed by atoms with van der Waals surface area (Å²) < 4.78 is 5.62. The van der Waals surface area contributed by atoms with Crippen molar-refractivity contribution in [1.29, 1.82) is 0 Å². The zero-order valence-corrected chi connectivity index (χ0v) is 18.0. The van der Waals surface area contributed by atoms with Gasteiger partial charge in [0.15, 0.2) is 0 Å². The average molecular weight is 363 g/mol. The second kappa shape index (κ2) is 8.92. The largest absolute Gasteiger partial charge is 0.507 e. The summed E-state index contributed by atoms with van der Waals surface area (Å²) in [5, 5.41) is 10.7. The fourth-order valence-electron chi connectivity index (χ4n) is 2.99. The first-order chi connectivity index (χ1) is 11.8. The van der Waals surface area contributed by atoms with Crippen LogP contribution in [0.2, 0.25) is 0 Å². The molecule has 0 atom stereocenters. The van der Waals surface area contributed by atoms with Crippen LogP contribution in [0.15, 0.2) is 12.1 Å². The minimum Gasteiger partial charge on any atom is -0.507 e. The Morgan fingerprint density at radius 3 is 1.88 bits per heavy atom. The Hall–Kier alpha value is -1.51. The van der Waals surface area contributed by atoms with E-state index in [-0.39, 0.29) is 16.8 Å². The zero-order valence-electron chi connectivity index (χ0n) is 18.0. The highest BCUT2D eigenvalue weighted by Gasteiger charge is 2.27. The summed E-state index contributed by atoms with van der Waals surface area (Å²) in [6.45, 7) is 16.7. The maximum Gasteiger partial charge on any atom is 0.311 e. The van der Waals surface area contributed by atoms with Crippen LogP contribution in [0, 0.1) is 5.92 Å². The topological polar surface area (TPSA) is 46.5 Å². The number of hydrogen-bond acceptors (Lipinski definition) is 3. The normalized spacial score (nSPS) is 12.5. The van der Waals surface area contributed by atoms with E-state index >= 15 is 0 Å². The monoisotopic (exact) mass is 362 g/mol. The van der Waals surface area contributed by atoms with Gasteiger partial charge in [0, 0.05) is 17.5 Å². The Morgan fingerprint density at radius 1 is 0.962 bits per heavy atom. The van der Waals surface area contributed by atoms with Gasteiger partial charge in [0.25, 0.3) is 0 Å². The van der Waals surface area contributed by atoms with Crippen LogP contribution in [-0.2, 0) is 15.6 Å². The number of hydrogen-bond donors (Lipinski definition) is 1. The lowest BCUT2D eigenvalue weighted by molar-refractivity contribution is -0.134.